The van der Waals surface area contributed by atoms with E-state index in [1.54, 1.807) is 0 Å². The van der Waals surface area contributed by atoms with E-state index in [-0.39, 0.29) is 171 Å². The number of fused-ring (bicyclic) bond motifs is 2. The van der Waals surface area contributed by atoms with Crippen molar-refractivity contribution in [2.75, 3.05) is 0 Å². The Morgan fingerprint density at radius 1 is 0.792 bits per heavy atom. The van der Waals surface area contributed by atoms with Crippen molar-refractivity contribution in [2.45, 2.75) is 0 Å². The van der Waals surface area contributed by atoms with Crippen LogP contribution in [0.15, 0.2) is 30.3 Å². The van der Waals surface area contributed by atoms with Crippen LogP contribution in [0.4, 0.5) is 0 Å². The van der Waals surface area contributed by atoms with Gasteiger partial charge in [-0.25, -0.2) is 0 Å². The summed E-state index contributed by atoms with van der Waals surface area (Å²) in [5.74, 6) is -4.78. The summed E-state index contributed by atoms with van der Waals surface area (Å²) in [6, 6.07) is 5.35. The minimum absolute atomic E-state index is 0. The SMILES string of the molecule is O=C([O-])c1cc([O-])c2c(c1)C(=O)c1cccc([O-])c1C2=O.[K+].[K+].[K+]. The molecule has 0 spiro atoms. The number of ketones is 2. The summed E-state index contributed by atoms with van der Waals surface area (Å²) in [7, 11) is 0. The zero-order valence-electron chi connectivity index (χ0n) is 13.3. The third-order valence-electron chi connectivity index (χ3n) is 3.31. The van der Waals surface area contributed by atoms with Crippen molar-refractivity contribution in [1.29, 1.82) is 0 Å². The molecule has 0 aromatic heterocycles. The summed E-state index contributed by atoms with van der Waals surface area (Å²) in [6.45, 7) is 0. The number of rotatable bonds is 1. The second-order valence-electron chi connectivity index (χ2n) is 4.52. The molecule has 0 heterocycles. The van der Waals surface area contributed by atoms with E-state index in [9.17, 15) is 29.7 Å². The third-order valence-corrected chi connectivity index (χ3v) is 3.31. The average molecular weight is 398 g/mol. The van der Waals surface area contributed by atoms with Gasteiger partial charge in [0.05, 0.1) is 5.97 Å². The molecule has 104 valence electrons. The van der Waals surface area contributed by atoms with E-state index in [1.165, 1.54) is 12.1 Å². The molecule has 0 saturated carbocycles. The van der Waals surface area contributed by atoms with Crippen molar-refractivity contribution < 1.29 is 184 Å². The van der Waals surface area contributed by atoms with Crippen LogP contribution in [0.25, 0.3) is 0 Å². The monoisotopic (exact) mass is 398 g/mol. The van der Waals surface area contributed by atoms with Gasteiger partial charge in [-0.05, 0) is 11.6 Å². The summed E-state index contributed by atoms with van der Waals surface area (Å²) in [5, 5.41) is 34.5. The fourth-order valence-electron chi connectivity index (χ4n) is 2.37. The Morgan fingerprint density at radius 3 is 1.96 bits per heavy atom. The number of hydrogen-bond acceptors (Lipinski definition) is 6. The topological polar surface area (TPSA) is 120 Å². The van der Waals surface area contributed by atoms with E-state index in [1.807, 2.05) is 0 Å². The largest absolute Gasteiger partial charge is 1.00 e. The number of carboxylic acids is 1. The van der Waals surface area contributed by atoms with Crippen LogP contribution in [0.5, 0.6) is 11.5 Å². The van der Waals surface area contributed by atoms with Gasteiger partial charge < -0.3 is 20.1 Å². The summed E-state index contributed by atoms with van der Waals surface area (Å²) >= 11 is 0. The summed E-state index contributed by atoms with van der Waals surface area (Å²) < 4.78 is 0. The first kappa shape index (κ1) is 25.8. The van der Waals surface area contributed by atoms with Crippen molar-refractivity contribution in [3.63, 3.8) is 0 Å². The predicted molar refractivity (Wildman–Crippen MR) is 63.0 cm³/mol. The van der Waals surface area contributed by atoms with E-state index in [0.29, 0.717) is 6.07 Å². The van der Waals surface area contributed by atoms with Gasteiger partial charge in [0.1, 0.15) is 0 Å². The minimum Gasteiger partial charge on any atom is -0.872 e. The van der Waals surface area contributed by atoms with Gasteiger partial charge in [-0.2, -0.15) is 0 Å². The second kappa shape index (κ2) is 10.3. The number of benzene rings is 2. The number of carbonyl (C=O) groups is 3. The summed E-state index contributed by atoms with van der Waals surface area (Å²) in [5.41, 5.74) is -1.75. The van der Waals surface area contributed by atoms with Gasteiger partial charge in [-0.1, -0.05) is 35.8 Å². The Balaban J connectivity index is 0.00000176. The zero-order valence-corrected chi connectivity index (χ0v) is 22.7. The summed E-state index contributed by atoms with van der Waals surface area (Å²) in [6.07, 6.45) is 0. The fraction of sp³-hybridized carbons (Fsp3) is 0. The molecule has 0 fully saturated rings. The standard InChI is InChI=1S/C15H8O6.3K/c16-9-3-1-2-7-11(9)14(19)12-8(13(7)18)4-6(15(20)21)5-10(12)17;;;/h1-5,16-17H,(H,20,21);;;/q;3*+1/p-3. The minimum atomic E-state index is -1.63. The molecule has 0 radical (unpaired) electrons. The van der Waals surface area contributed by atoms with Crippen LogP contribution in [-0.4, -0.2) is 17.5 Å². The van der Waals surface area contributed by atoms with Gasteiger partial charge >= 0.3 is 154 Å². The normalized spacial score (nSPS) is 11.2. The van der Waals surface area contributed by atoms with Gasteiger partial charge in [0, 0.05) is 22.3 Å². The van der Waals surface area contributed by atoms with Gasteiger partial charge in [0.25, 0.3) is 0 Å². The van der Waals surface area contributed by atoms with Crippen LogP contribution in [0.3, 0.4) is 0 Å². The zero-order chi connectivity index (χ0) is 15.3. The van der Waals surface area contributed by atoms with E-state index in [0.717, 1.165) is 12.1 Å². The molecule has 0 amide bonds. The third kappa shape index (κ3) is 4.59. The van der Waals surface area contributed by atoms with Crippen molar-refractivity contribution in [3.8, 4) is 11.5 Å². The Hall–Kier alpha value is 1.76. The molecule has 0 unspecified atom stereocenters. The van der Waals surface area contributed by atoms with E-state index < -0.39 is 40.2 Å². The van der Waals surface area contributed by atoms with Gasteiger partial charge in [0.15, 0.2) is 11.6 Å². The predicted octanol–water partition coefficient (Wildman–Crippen LogP) is -10.0. The molecule has 1 aliphatic carbocycles. The number of aromatic carboxylic acids is 1. The Labute approximate surface area is 264 Å². The first-order chi connectivity index (χ1) is 9.91. The number of carboxylic acid groups (broad SMARTS) is 1. The maximum absolute atomic E-state index is 12.3. The van der Waals surface area contributed by atoms with Crippen molar-refractivity contribution in [3.05, 3.63) is 58.1 Å². The Kier molecular flexibility index (Phi) is 11.1. The van der Waals surface area contributed by atoms with Crippen molar-refractivity contribution >= 4 is 17.5 Å². The van der Waals surface area contributed by atoms with E-state index >= 15 is 0 Å². The molecule has 6 nitrogen and oxygen atoms in total. The molecule has 2 aromatic rings. The molecule has 3 rings (SSSR count). The fourth-order valence-corrected chi connectivity index (χ4v) is 2.37. The molecule has 0 atom stereocenters. The van der Waals surface area contributed by atoms with Crippen molar-refractivity contribution in [2.24, 2.45) is 0 Å². The number of hydrogen-bond donors (Lipinski definition) is 0. The van der Waals surface area contributed by atoms with Gasteiger partial charge in [-0.3, -0.25) is 9.59 Å². The van der Waals surface area contributed by atoms with Crippen molar-refractivity contribution in [1.82, 2.24) is 0 Å². The second-order valence-corrected chi connectivity index (χ2v) is 4.52. The van der Waals surface area contributed by atoms with Gasteiger partial charge in [-0.15, -0.1) is 0 Å². The average Bonchev–Trinajstić information content (AvgIpc) is 2.43. The number of carbonyl (C=O) groups excluding carboxylic acids is 3. The molecule has 0 bridgehead atoms. The maximum Gasteiger partial charge on any atom is 1.00 e. The van der Waals surface area contributed by atoms with Crippen LogP contribution in [0, 0.1) is 0 Å². The van der Waals surface area contributed by atoms with Crippen LogP contribution in [0.1, 0.15) is 42.2 Å². The molecule has 9 heteroatoms. The first-order valence-electron chi connectivity index (χ1n) is 5.87. The molecule has 1 aliphatic rings. The molecule has 24 heavy (non-hydrogen) atoms. The summed E-state index contributed by atoms with van der Waals surface area (Å²) in [4.78, 5) is 35.4. The molecule has 2 aromatic carbocycles. The molecular weight excluding hydrogens is 393 g/mol. The first-order valence-corrected chi connectivity index (χ1v) is 5.87. The molecule has 0 saturated heterocycles. The molecule has 0 aliphatic heterocycles. The van der Waals surface area contributed by atoms with Crippen LogP contribution in [-0.2, 0) is 0 Å². The van der Waals surface area contributed by atoms with Gasteiger partial charge in [0.2, 0.25) is 0 Å². The van der Waals surface area contributed by atoms with E-state index in [4.69, 9.17) is 0 Å². The van der Waals surface area contributed by atoms with E-state index in [2.05, 4.69) is 0 Å². The maximum atomic E-state index is 12.3. The Bertz CT molecular complexity index is 847. The quantitative estimate of drug-likeness (QED) is 0.375. The molecule has 0 N–H and O–H groups in total. The van der Waals surface area contributed by atoms with Crippen LogP contribution >= 0.6 is 0 Å². The smallest absolute Gasteiger partial charge is 0.872 e. The molecular formula is C15H5K3O6. The Morgan fingerprint density at radius 2 is 1.38 bits per heavy atom. The van der Waals surface area contributed by atoms with Crippen LogP contribution < -0.4 is 169 Å². The van der Waals surface area contributed by atoms with Crippen LogP contribution in [0.2, 0.25) is 0 Å².